The Morgan fingerprint density at radius 1 is 1.53 bits per heavy atom. The number of nitrogens with two attached hydrogens (primary N) is 1. The average Bonchev–Trinajstić information content (AvgIpc) is 2.68. The molecule has 0 bridgehead atoms. The Morgan fingerprint density at radius 2 is 2.21 bits per heavy atom. The van der Waals surface area contributed by atoms with Crippen LogP contribution < -0.4 is 11.1 Å². The van der Waals surface area contributed by atoms with Crippen molar-refractivity contribution in [3.05, 3.63) is 11.0 Å². The normalized spacial score (nSPS) is 30.5. The molecule has 0 saturated carbocycles. The predicted molar refractivity (Wildman–Crippen MR) is 70.0 cm³/mol. The standard InChI is InChI=1S/C10H16N4O4S/c1-12-8-4(11)2-14(10(19)13-8)9-7(17)6(16)5(3-15)18-9/h2,5-7,9,15-17H,3,11H2,1H3,(H,12,13,19)/t5-,6?,7?,9-/m1/s1. The maximum Gasteiger partial charge on any atom is 0.203 e. The van der Waals surface area contributed by atoms with Gasteiger partial charge in [-0.3, -0.25) is 4.57 Å². The van der Waals surface area contributed by atoms with Crippen LogP contribution in [0.5, 0.6) is 0 Å². The lowest BCUT2D eigenvalue weighted by Crippen LogP contribution is -2.33. The van der Waals surface area contributed by atoms with Crippen LogP contribution in [0.1, 0.15) is 6.23 Å². The van der Waals surface area contributed by atoms with Crippen LogP contribution in [0.2, 0.25) is 0 Å². The summed E-state index contributed by atoms with van der Waals surface area (Å²) in [5.41, 5.74) is 6.10. The van der Waals surface area contributed by atoms with E-state index < -0.39 is 31.1 Å². The topological polar surface area (TPSA) is 126 Å². The maximum absolute atomic E-state index is 9.92. The molecular formula is C10H16N4O4S. The third kappa shape index (κ3) is 2.42. The van der Waals surface area contributed by atoms with E-state index in [1.807, 2.05) is 0 Å². The molecule has 19 heavy (non-hydrogen) atoms. The Balaban J connectivity index is 2.38. The van der Waals surface area contributed by atoms with Crippen LogP contribution in [0.15, 0.2) is 6.20 Å². The predicted octanol–water partition coefficient (Wildman–Crippen LogP) is -1.15. The van der Waals surface area contributed by atoms with E-state index in [0.29, 0.717) is 11.5 Å². The highest BCUT2D eigenvalue weighted by Gasteiger charge is 2.43. The van der Waals surface area contributed by atoms with Gasteiger partial charge in [0.2, 0.25) is 4.77 Å². The molecule has 0 spiro atoms. The second-order valence-corrected chi connectivity index (χ2v) is 4.58. The lowest BCUT2D eigenvalue weighted by Gasteiger charge is -2.19. The molecular weight excluding hydrogens is 272 g/mol. The molecule has 1 aliphatic heterocycles. The number of hydrogen-bond donors (Lipinski definition) is 5. The van der Waals surface area contributed by atoms with Crippen LogP contribution in [0.3, 0.4) is 0 Å². The quantitative estimate of drug-likeness (QED) is 0.441. The van der Waals surface area contributed by atoms with Crippen LogP contribution in [0.4, 0.5) is 11.5 Å². The zero-order valence-corrected chi connectivity index (χ0v) is 11.0. The summed E-state index contributed by atoms with van der Waals surface area (Å²) < 4.78 is 6.86. The molecule has 1 aromatic heterocycles. The molecule has 0 radical (unpaired) electrons. The van der Waals surface area contributed by atoms with Gasteiger partial charge < -0.3 is 31.1 Å². The molecule has 9 heteroatoms. The van der Waals surface area contributed by atoms with Gasteiger partial charge in [-0.25, -0.2) is 4.98 Å². The molecule has 0 aromatic carbocycles. The second kappa shape index (κ2) is 5.39. The summed E-state index contributed by atoms with van der Waals surface area (Å²) in [4.78, 5) is 4.05. The van der Waals surface area contributed by atoms with Crippen molar-refractivity contribution in [2.75, 3.05) is 24.7 Å². The molecule has 1 fully saturated rings. The van der Waals surface area contributed by atoms with Crippen LogP contribution in [0.25, 0.3) is 0 Å². The maximum atomic E-state index is 9.92. The van der Waals surface area contributed by atoms with E-state index in [9.17, 15) is 10.2 Å². The first-order valence-electron chi connectivity index (χ1n) is 5.68. The Morgan fingerprint density at radius 3 is 2.74 bits per heavy atom. The van der Waals surface area contributed by atoms with E-state index in [1.165, 1.54) is 10.8 Å². The fraction of sp³-hybridized carbons (Fsp3) is 0.600. The highest BCUT2D eigenvalue weighted by Crippen LogP contribution is 2.30. The van der Waals surface area contributed by atoms with E-state index in [0.717, 1.165) is 0 Å². The summed E-state index contributed by atoms with van der Waals surface area (Å²) in [6, 6.07) is 0. The minimum absolute atomic E-state index is 0.147. The van der Waals surface area contributed by atoms with Crippen molar-refractivity contribution in [1.82, 2.24) is 9.55 Å². The number of hydrogen-bond acceptors (Lipinski definition) is 8. The minimum Gasteiger partial charge on any atom is -0.395 e. The van der Waals surface area contributed by atoms with Crippen molar-refractivity contribution in [3.63, 3.8) is 0 Å². The van der Waals surface area contributed by atoms with Crippen LogP contribution >= 0.6 is 12.2 Å². The highest BCUT2D eigenvalue weighted by atomic mass is 32.1. The smallest absolute Gasteiger partial charge is 0.203 e. The van der Waals surface area contributed by atoms with E-state index in [2.05, 4.69) is 10.3 Å². The third-order valence-corrected chi connectivity index (χ3v) is 3.31. The minimum atomic E-state index is -1.22. The van der Waals surface area contributed by atoms with Gasteiger partial charge in [0.1, 0.15) is 18.3 Å². The summed E-state index contributed by atoms with van der Waals surface area (Å²) in [6.07, 6.45) is -2.73. The molecule has 0 amide bonds. The largest absolute Gasteiger partial charge is 0.395 e. The third-order valence-electron chi connectivity index (χ3n) is 3.01. The molecule has 1 aromatic rings. The van der Waals surface area contributed by atoms with Crippen LogP contribution in [-0.2, 0) is 4.74 Å². The molecule has 1 saturated heterocycles. The Kier molecular flexibility index (Phi) is 4.02. The summed E-state index contributed by atoms with van der Waals surface area (Å²) in [6.45, 7) is -0.403. The lowest BCUT2D eigenvalue weighted by atomic mass is 10.1. The zero-order valence-electron chi connectivity index (χ0n) is 10.2. The van der Waals surface area contributed by atoms with Gasteiger partial charge in [0.25, 0.3) is 0 Å². The second-order valence-electron chi connectivity index (χ2n) is 4.21. The van der Waals surface area contributed by atoms with E-state index >= 15 is 0 Å². The van der Waals surface area contributed by atoms with Crippen molar-refractivity contribution < 1.29 is 20.1 Å². The first-order valence-corrected chi connectivity index (χ1v) is 6.09. The van der Waals surface area contributed by atoms with Gasteiger partial charge in [-0.1, -0.05) is 0 Å². The van der Waals surface area contributed by atoms with E-state index in [-0.39, 0.29) is 4.77 Å². The number of ether oxygens (including phenoxy) is 1. The molecule has 106 valence electrons. The first kappa shape index (κ1) is 14.2. The number of nitrogens with zero attached hydrogens (tertiary/aromatic N) is 2. The summed E-state index contributed by atoms with van der Waals surface area (Å²) >= 11 is 5.09. The fourth-order valence-electron chi connectivity index (χ4n) is 1.98. The van der Waals surface area contributed by atoms with Gasteiger partial charge >= 0.3 is 0 Å². The number of nitrogen functional groups attached to an aromatic ring is 1. The monoisotopic (exact) mass is 288 g/mol. The molecule has 4 atom stereocenters. The summed E-state index contributed by atoms with van der Waals surface area (Å²) in [5.74, 6) is 0.424. The molecule has 6 N–H and O–H groups in total. The Bertz CT molecular complexity index is 523. The number of aliphatic hydroxyl groups is 3. The van der Waals surface area contributed by atoms with E-state index in [4.69, 9.17) is 27.8 Å². The first-order chi connectivity index (χ1) is 8.99. The van der Waals surface area contributed by atoms with Gasteiger partial charge in [0.05, 0.1) is 12.3 Å². The van der Waals surface area contributed by atoms with Crippen LogP contribution in [-0.4, -0.2) is 56.8 Å². The molecule has 1 aliphatic rings. The Hall–Kier alpha value is -1.26. The number of rotatable bonds is 3. The molecule has 8 nitrogen and oxygen atoms in total. The van der Waals surface area contributed by atoms with Gasteiger partial charge in [0.15, 0.2) is 12.0 Å². The van der Waals surface area contributed by atoms with Crippen molar-refractivity contribution >= 4 is 23.7 Å². The lowest BCUT2D eigenvalue weighted by molar-refractivity contribution is -0.0539. The van der Waals surface area contributed by atoms with Gasteiger partial charge in [-0.2, -0.15) is 0 Å². The average molecular weight is 288 g/mol. The summed E-state index contributed by atoms with van der Waals surface area (Å²) in [7, 11) is 1.66. The van der Waals surface area contributed by atoms with Gasteiger partial charge in [-0.05, 0) is 12.2 Å². The number of anilines is 2. The highest BCUT2D eigenvalue weighted by molar-refractivity contribution is 7.71. The fourth-order valence-corrected chi connectivity index (χ4v) is 2.22. The zero-order chi connectivity index (χ0) is 14.2. The SMILES string of the molecule is CNc1nc(=S)n([C@@H]2O[C@H](CO)C(O)C2O)cc1N. The van der Waals surface area contributed by atoms with Crippen molar-refractivity contribution in [1.29, 1.82) is 0 Å². The van der Waals surface area contributed by atoms with E-state index in [1.54, 1.807) is 7.05 Å². The van der Waals surface area contributed by atoms with Crippen molar-refractivity contribution in [2.45, 2.75) is 24.5 Å². The number of aliphatic hydroxyl groups excluding tert-OH is 3. The number of aromatic nitrogens is 2. The van der Waals surface area contributed by atoms with Crippen molar-refractivity contribution in [2.24, 2.45) is 0 Å². The molecule has 2 rings (SSSR count). The van der Waals surface area contributed by atoms with Gasteiger partial charge in [-0.15, -0.1) is 0 Å². The number of nitrogens with one attached hydrogen (secondary N) is 1. The van der Waals surface area contributed by atoms with Gasteiger partial charge in [0, 0.05) is 13.2 Å². The molecule has 0 aliphatic carbocycles. The molecule has 2 heterocycles. The molecule has 2 unspecified atom stereocenters. The van der Waals surface area contributed by atoms with Crippen LogP contribution in [0, 0.1) is 4.77 Å². The Labute approximate surface area is 114 Å². The summed E-state index contributed by atoms with van der Waals surface area (Å²) in [5, 5.41) is 31.4. The van der Waals surface area contributed by atoms with Crippen molar-refractivity contribution in [3.8, 4) is 0 Å².